The largest absolute Gasteiger partial charge is 0.379 e. The first-order valence-electron chi connectivity index (χ1n) is 10.0. The minimum atomic E-state index is -3.74. The molecule has 0 saturated carbocycles. The molecule has 3 aromatic rings. The lowest BCUT2D eigenvalue weighted by Gasteiger charge is -2.25. The van der Waals surface area contributed by atoms with Crippen molar-refractivity contribution < 1.29 is 22.3 Å². The monoisotopic (exact) mass is 461 g/mol. The summed E-state index contributed by atoms with van der Waals surface area (Å²) in [4.78, 5) is 17.5. The Kier molecular flexibility index (Phi) is 6.13. The van der Waals surface area contributed by atoms with Gasteiger partial charge in [-0.05, 0) is 23.8 Å². The van der Waals surface area contributed by atoms with Gasteiger partial charge in [0.2, 0.25) is 10.0 Å². The number of amides is 1. The minimum absolute atomic E-state index is 0.0439. The number of hydrogen-bond donors (Lipinski definition) is 1. The zero-order chi connectivity index (χ0) is 22.9. The van der Waals surface area contributed by atoms with Gasteiger partial charge < -0.3 is 19.2 Å². The van der Waals surface area contributed by atoms with Crippen molar-refractivity contribution in [2.75, 3.05) is 26.3 Å². The van der Waals surface area contributed by atoms with Crippen LogP contribution in [0.3, 0.4) is 0 Å². The van der Waals surface area contributed by atoms with Crippen LogP contribution in [-0.2, 0) is 28.9 Å². The van der Waals surface area contributed by atoms with E-state index in [1.165, 1.54) is 33.3 Å². The number of carbonyl (C=O) groups excluding carboxylic acids is 1. The molecule has 1 unspecified atom stereocenters. The summed E-state index contributed by atoms with van der Waals surface area (Å²) >= 11 is 0. The van der Waals surface area contributed by atoms with Crippen molar-refractivity contribution in [3.8, 4) is 0 Å². The molecule has 0 bridgehead atoms. The maximum absolute atomic E-state index is 13.4. The van der Waals surface area contributed by atoms with Crippen molar-refractivity contribution in [1.29, 1.82) is 0 Å². The van der Waals surface area contributed by atoms with E-state index in [4.69, 9.17) is 4.74 Å². The van der Waals surface area contributed by atoms with Crippen molar-refractivity contribution in [3.05, 3.63) is 71.8 Å². The number of sulfonamides is 1. The number of halogens is 1. The van der Waals surface area contributed by atoms with Crippen LogP contribution in [0.2, 0.25) is 0 Å². The zero-order valence-corrected chi connectivity index (χ0v) is 18.5. The Balaban J connectivity index is 1.63. The number of morpholine rings is 1. The van der Waals surface area contributed by atoms with Crippen LogP contribution in [0, 0.1) is 5.82 Å². The molecule has 0 spiro atoms. The van der Waals surface area contributed by atoms with Gasteiger partial charge in [-0.25, -0.2) is 17.8 Å². The third-order valence-corrected chi connectivity index (χ3v) is 7.28. The Hall–Kier alpha value is -3.02. The predicted molar refractivity (Wildman–Crippen MR) is 114 cm³/mol. The van der Waals surface area contributed by atoms with Crippen LogP contribution in [0.25, 0.3) is 0 Å². The highest BCUT2D eigenvalue weighted by Crippen LogP contribution is 2.23. The molecule has 3 heterocycles. The van der Waals surface area contributed by atoms with Crippen molar-refractivity contribution in [3.63, 3.8) is 0 Å². The zero-order valence-electron chi connectivity index (χ0n) is 17.7. The summed E-state index contributed by atoms with van der Waals surface area (Å²) in [5.41, 5.74) is 0.822. The van der Waals surface area contributed by atoms with E-state index in [0.717, 1.165) is 0 Å². The lowest BCUT2D eigenvalue weighted by molar-refractivity contribution is 0.0730. The van der Waals surface area contributed by atoms with Crippen molar-refractivity contribution in [2.45, 2.75) is 10.9 Å². The molecular weight excluding hydrogens is 437 g/mol. The number of nitrogens with one attached hydrogen (secondary N) is 1. The van der Waals surface area contributed by atoms with E-state index >= 15 is 0 Å². The number of rotatable bonds is 6. The number of ether oxygens (including phenoxy) is 1. The Labute approximate surface area is 185 Å². The fraction of sp³-hybridized carbons (Fsp3) is 0.333. The maximum atomic E-state index is 13.4. The van der Waals surface area contributed by atoms with Crippen LogP contribution >= 0.6 is 0 Å². The van der Waals surface area contributed by atoms with E-state index in [2.05, 4.69) is 10.3 Å². The molecule has 9 nitrogen and oxygen atoms in total. The van der Waals surface area contributed by atoms with E-state index in [1.807, 2.05) is 0 Å². The summed E-state index contributed by atoms with van der Waals surface area (Å²) in [5.74, 6) is -0.312. The normalized spacial score (nSPS) is 16.1. The second-order valence-corrected chi connectivity index (χ2v) is 9.48. The SMILES string of the molecule is Cn1cc(S(=O)(=O)N2CCOCC2)cc1C(=O)NC(c1ccc(F)cc1)c1nccn1C. The molecule has 170 valence electrons. The van der Waals surface area contributed by atoms with Crippen LogP contribution in [0.1, 0.15) is 27.9 Å². The molecule has 1 saturated heterocycles. The molecule has 0 aliphatic carbocycles. The third kappa shape index (κ3) is 4.31. The average Bonchev–Trinajstić information content (AvgIpc) is 3.39. The van der Waals surface area contributed by atoms with Gasteiger partial charge >= 0.3 is 0 Å². The van der Waals surface area contributed by atoms with Gasteiger partial charge in [0, 0.05) is 45.8 Å². The van der Waals surface area contributed by atoms with Crippen LogP contribution in [0.5, 0.6) is 0 Å². The quantitative estimate of drug-likeness (QED) is 0.599. The van der Waals surface area contributed by atoms with Gasteiger partial charge in [0.25, 0.3) is 5.91 Å². The fourth-order valence-corrected chi connectivity index (χ4v) is 5.13. The number of benzene rings is 1. The summed E-state index contributed by atoms with van der Waals surface area (Å²) in [6.45, 7) is 1.21. The first-order chi connectivity index (χ1) is 15.3. The molecule has 1 aliphatic rings. The Morgan fingerprint density at radius 2 is 1.84 bits per heavy atom. The molecule has 11 heteroatoms. The highest BCUT2D eigenvalue weighted by molar-refractivity contribution is 7.89. The molecule has 0 radical (unpaired) electrons. The molecule has 32 heavy (non-hydrogen) atoms. The van der Waals surface area contributed by atoms with Gasteiger partial charge in [0.1, 0.15) is 28.3 Å². The first kappa shape index (κ1) is 22.2. The smallest absolute Gasteiger partial charge is 0.268 e. The van der Waals surface area contributed by atoms with E-state index in [9.17, 15) is 17.6 Å². The second kappa shape index (κ2) is 8.85. The van der Waals surface area contributed by atoms with Gasteiger partial charge in [-0.2, -0.15) is 4.31 Å². The van der Waals surface area contributed by atoms with Gasteiger partial charge in [-0.3, -0.25) is 4.79 Å². The highest BCUT2D eigenvalue weighted by Gasteiger charge is 2.30. The molecule has 1 atom stereocenters. The fourth-order valence-electron chi connectivity index (χ4n) is 3.65. The predicted octanol–water partition coefficient (Wildman–Crippen LogP) is 1.44. The Morgan fingerprint density at radius 1 is 1.16 bits per heavy atom. The third-order valence-electron chi connectivity index (χ3n) is 5.42. The van der Waals surface area contributed by atoms with Gasteiger partial charge in [-0.15, -0.1) is 0 Å². The topological polar surface area (TPSA) is 98.5 Å². The minimum Gasteiger partial charge on any atom is -0.379 e. The summed E-state index contributed by atoms with van der Waals surface area (Å²) in [5, 5.41) is 2.90. The molecule has 1 aliphatic heterocycles. The highest BCUT2D eigenvalue weighted by atomic mass is 32.2. The first-order valence-corrected chi connectivity index (χ1v) is 11.5. The van der Waals surface area contributed by atoms with Crippen LogP contribution in [-0.4, -0.2) is 59.1 Å². The molecule has 1 aromatic carbocycles. The second-order valence-electron chi connectivity index (χ2n) is 7.54. The number of aryl methyl sites for hydroxylation is 2. The molecular formula is C21H24FN5O4S. The van der Waals surface area contributed by atoms with Gasteiger partial charge in [-0.1, -0.05) is 12.1 Å². The summed E-state index contributed by atoms with van der Waals surface area (Å²) in [6, 6.07) is 6.49. The number of nitrogens with zero attached hydrogens (tertiary/aromatic N) is 4. The average molecular weight is 462 g/mol. The van der Waals surface area contributed by atoms with Crippen molar-refractivity contribution >= 4 is 15.9 Å². The summed E-state index contributed by atoms with van der Waals surface area (Å²) < 4.78 is 49.2. The van der Waals surface area contributed by atoms with Crippen molar-refractivity contribution in [2.24, 2.45) is 14.1 Å². The van der Waals surface area contributed by atoms with Gasteiger partial charge in [0.15, 0.2) is 0 Å². The van der Waals surface area contributed by atoms with Crippen LogP contribution in [0.4, 0.5) is 4.39 Å². The Bertz CT molecular complexity index is 1210. The molecule has 4 rings (SSSR count). The molecule has 2 aromatic heterocycles. The van der Waals surface area contributed by atoms with Gasteiger partial charge in [0.05, 0.1) is 13.2 Å². The van der Waals surface area contributed by atoms with Crippen molar-refractivity contribution in [1.82, 2.24) is 23.7 Å². The lowest BCUT2D eigenvalue weighted by atomic mass is 10.1. The van der Waals surface area contributed by atoms with E-state index in [1.54, 1.807) is 43.2 Å². The maximum Gasteiger partial charge on any atom is 0.268 e. The number of carbonyl (C=O) groups is 1. The summed E-state index contributed by atoms with van der Waals surface area (Å²) in [6.07, 6.45) is 4.77. The molecule has 1 amide bonds. The summed E-state index contributed by atoms with van der Waals surface area (Å²) in [7, 11) is -0.334. The van der Waals surface area contributed by atoms with E-state index in [0.29, 0.717) is 24.6 Å². The van der Waals surface area contributed by atoms with Crippen LogP contribution in [0.15, 0.2) is 53.8 Å². The molecule has 1 fully saturated rings. The lowest BCUT2D eigenvalue weighted by Crippen LogP contribution is -2.40. The van der Waals surface area contributed by atoms with E-state index in [-0.39, 0.29) is 29.5 Å². The standard InChI is InChI=1S/C21H24FN5O4S/c1-25-8-7-23-20(25)19(15-3-5-16(22)6-4-15)24-21(28)18-13-17(14-26(18)2)32(29,30)27-9-11-31-12-10-27/h3-8,13-14,19H,9-12H2,1-2H3,(H,24,28). The number of hydrogen-bond acceptors (Lipinski definition) is 5. The number of imidazole rings is 1. The molecule has 1 N–H and O–H groups in total. The van der Waals surface area contributed by atoms with E-state index < -0.39 is 22.0 Å². The Morgan fingerprint density at radius 3 is 2.47 bits per heavy atom. The van der Waals surface area contributed by atoms with Crippen LogP contribution < -0.4 is 5.32 Å². The number of aromatic nitrogens is 3.